The molecule has 1 heterocycles. The van der Waals surface area contributed by atoms with Crippen LogP contribution in [0.2, 0.25) is 0 Å². The smallest absolute Gasteiger partial charge is 0.336 e. The van der Waals surface area contributed by atoms with Gasteiger partial charge >= 0.3 is 5.63 Å². The van der Waals surface area contributed by atoms with Crippen molar-refractivity contribution < 1.29 is 9.15 Å². The number of fused-ring (bicyclic) bond motifs is 1. The monoisotopic (exact) mass is 292 g/mol. The molecule has 0 fully saturated rings. The van der Waals surface area contributed by atoms with Crippen molar-refractivity contribution in [2.24, 2.45) is 0 Å². The van der Waals surface area contributed by atoms with Crippen LogP contribution in [-0.2, 0) is 0 Å². The first kappa shape index (κ1) is 14.1. The Hall–Kier alpha value is -2.81. The number of rotatable bonds is 4. The summed E-state index contributed by atoms with van der Waals surface area (Å²) < 4.78 is 10.9. The number of aryl methyl sites for hydroxylation is 1. The Morgan fingerprint density at radius 1 is 1.09 bits per heavy atom. The molecule has 2 aromatic carbocycles. The van der Waals surface area contributed by atoms with E-state index in [0.29, 0.717) is 17.9 Å². The lowest BCUT2D eigenvalue weighted by Crippen LogP contribution is -1.98. The molecule has 3 heteroatoms. The summed E-state index contributed by atoms with van der Waals surface area (Å²) in [6, 6.07) is 17.1. The SMILES string of the molecule is Cc1cc(=O)oc2cc(OCC=Cc3ccccc3)ccc12. The van der Waals surface area contributed by atoms with Gasteiger partial charge in [0.1, 0.15) is 17.9 Å². The molecule has 0 amide bonds. The minimum absolute atomic E-state index is 0.342. The Labute approximate surface area is 128 Å². The summed E-state index contributed by atoms with van der Waals surface area (Å²) in [6.45, 7) is 2.35. The molecule has 110 valence electrons. The molecule has 0 spiro atoms. The Balaban J connectivity index is 1.72. The van der Waals surface area contributed by atoms with Crippen LogP contribution in [0.5, 0.6) is 5.75 Å². The van der Waals surface area contributed by atoms with Crippen molar-refractivity contribution in [2.75, 3.05) is 6.61 Å². The van der Waals surface area contributed by atoms with Crippen LogP contribution in [0.1, 0.15) is 11.1 Å². The molecule has 3 aromatic rings. The highest BCUT2D eigenvalue weighted by atomic mass is 16.5. The predicted molar refractivity (Wildman–Crippen MR) is 88.2 cm³/mol. The number of hydrogen-bond donors (Lipinski definition) is 0. The fraction of sp³-hybridized carbons (Fsp3) is 0.105. The van der Waals surface area contributed by atoms with Crippen molar-refractivity contribution in [1.29, 1.82) is 0 Å². The third kappa shape index (κ3) is 3.26. The summed E-state index contributed by atoms with van der Waals surface area (Å²) in [5.41, 5.74) is 2.24. The average molecular weight is 292 g/mol. The average Bonchev–Trinajstić information content (AvgIpc) is 2.52. The zero-order chi connectivity index (χ0) is 15.4. The number of hydrogen-bond acceptors (Lipinski definition) is 3. The minimum atomic E-state index is -0.342. The molecule has 0 saturated carbocycles. The van der Waals surface area contributed by atoms with Gasteiger partial charge in [0, 0.05) is 17.5 Å². The van der Waals surface area contributed by atoms with Gasteiger partial charge in [-0.2, -0.15) is 0 Å². The first-order valence-electron chi connectivity index (χ1n) is 7.11. The van der Waals surface area contributed by atoms with E-state index in [2.05, 4.69) is 0 Å². The molecule has 0 atom stereocenters. The van der Waals surface area contributed by atoms with Crippen molar-refractivity contribution in [1.82, 2.24) is 0 Å². The van der Waals surface area contributed by atoms with Crippen molar-refractivity contribution in [3.05, 3.63) is 82.2 Å². The van der Waals surface area contributed by atoms with Crippen LogP contribution < -0.4 is 10.4 Å². The fourth-order valence-corrected chi connectivity index (χ4v) is 2.29. The molecule has 3 nitrogen and oxygen atoms in total. The van der Waals surface area contributed by atoms with Gasteiger partial charge in [0.25, 0.3) is 0 Å². The molecule has 0 radical (unpaired) electrons. The van der Waals surface area contributed by atoms with E-state index in [1.165, 1.54) is 6.07 Å². The second-order valence-electron chi connectivity index (χ2n) is 5.03. The third-order valence-corrected chi connectivity index (χ3v) is 3.38. The maximum atomic E-state index is 11.4. The van der Waals surface area contributed by atoms with Gasteiger partial charge in [0.2, 0.25) is 0 Å². The van der Waals surface area contributed by atoms with E-state index in [-0.39, 0.29) is 5.63 Å². The third-order valence-electron chi connectivity index (χ3n) is 3.38. The van der Waals surface area contributed by atoms with Gasteiger partial charge in [-0.15, -0.1) is 0 Å². The summed E-state index contributed by atoms with van der Waals surface area (Å²) in [5.74, 6) is 0.680. The first-order valence-corrected chi connectivity index (χ1v) is 7.11. The maximum absolute atomic E-state index is 11.4. The predicted octanol–water partition coefficient (Wildman–Crippen LogP) is 4.19. The van der Waals surface area contributed by atoms with E-state index in [1.807, 2.05) is 61.5 Å². The van der Waals surface area contributed by atoms with E-state index in [4.69, 9.17) is 9.15 Å². The number of ether oxygens (including phenoxy) is 1. The largest absolute Gasteiger partial charge is 0.489 e. The summed E-state index contributed by atoms with van der Waals surface area (Å²) in [7, 11) is 0. The highest BCUT2D eigenvalue weighted by Gasteiger charge is 2.03. The normalized spacial score (nSPS) is 11.1. The Morgan fingerprint density at radius 2 is 1.91 bits per heavy atom. The molecule has 22 heavy (non-hydrogen) atoms. The van der Waals surface area contributed by atoms with E-state index >= 15 is 0 Å². The second-order valence-corrected chi connectivity index (χ2v) is 5.03. The Morgan fingerprint density at radius 3 is 2.73 bits per heavy atom. The molecule has 0 aliphatic rings. The maximum Gasteiger partial charge on any atom is 0.336 e. The Kier molecular flexibility index (Phi) is 4.05. The van der Waals surface area contributed by atoms with Crippen LogP contribution in [0.3, 0.4) is 0 Å². The molecule has 0 N–H and O–H groups in total. The lowest BCUT2D eigenvalue weighted by atomic mass is 10.1. The number of benzene rings is 2. The van der Waals surface area contributed by atoms with Gasteiger partial charge in [-0.1, -0.05) is 36.4 Å². The van der Waals surface area contributed by atoms with Gasteiger partial charge in [-0.3, -0.25) is 0 Å². The zero-order valence-corrected chi connectivity index (χ0v) is 12.3. The van der Waals surface area contributed by atoms with Gasteiger partial charge in [-0.25, -0.2) is 4.79 Å². The van der Waals surface area contributed by atoms with Crippen molar-refractivity contribution >= 4 is 17.0 Å². The Bertz CT molecular complexity index is 861. The van der Waals surface area contributed by atoms with Crippen LogP contribution in [0.4, 0.5) is 0 Å². The summed E-state index contributed by atoms with van der Waals surface area (Å²) >= 11 is 0. The fourth-order valence-electron chi connectivity index (χ4n) is 2.29. The molecular formula is C19H16O3. The molecule has 1 aromatic heterocycles. The summed E-state index contributed by atoms with van der Waals surface area (Å²) in [4.78, 5) is 11.4. The lowest BCUT2D eigenvalue weighted by molar-refractivity contribution is 0.363. The minimum Gasteiger partial charge on any atom is -0.489 e. The molecule has 3 rings (SSSR count). The van der Waals surface area contributed by atoms with Crippen LogP contribution in [0, 0.1) is 6.92 Å². The molecule has 0 bridgehead atoms. The van der Waals surface area contributed by atoms with Gasteiger partial charge in [-0.05, 0) is 36.3 Å². The van der Waals surface area contributed by atoms with Crippen LogP contribution >= 0.6 is 0 Å². The molecule has 0 aliphatic carbocycles. The molecular weight excluding hydrogens is 276 g/mol. The van der Waals surface area contributed by atoms with Crippen molar-refractivity contribution in [3.63, 3.8) is 0 Å². The summed E-state index contributed by atoms with van der Waals surface area (Å²) in [5, 5.41) is 0.923. The second kappa shape index (κ2) is 6.31. The van der Waals surface area contributed by atoms with Crippen molar-refractivity contribution in [3.8, 4) is 5.75 Å². The highest BCUT2D eigenvalue weighted by Crippen LogP contribution is 2.22. The highest BCUT2D eigenvalue weighted by molar-refractivity contribution is 5.81. The molecule has 0 saturated heterocycles. The van der Waals surface area contributed by atoms with E-state index in [1.54, 1.807) is 6.07 Å². The first-order chi connectivity index (χ1) is 10.7. The zero-order valence-electron chi connectivity index (χ0n) is 12.3. The van der Waals surface area contributed by atoms with E-state index in [0.717, 1.165) is 16.5 Å². The van der Waals surface area contributed by atoms with Crippen LogP contribution in [-0.4, -0.2) is 6.61 Å². The van der Waals surface area contributed by atoms with Gasteiger partial charge < -0.3 is 9.15 Å². The lowest BCUT2D eigenvalue weighted by Gasteiger charge is -2.05. The molecule has 0 unspecified atom stereocenters. The molecule has 0 aliphatic heterocycles. The van der Waals surface area contributed by atoms with E-state index in [9.17, 15) is 4.79 Å². The van der Waals surface area contributed by atoms with E-state index < -0.39 is 0 Å². The van der Waals surface area contributed by atoms with Gasteiger partial charge in [0.05, 0.1) is 0 Å². The summed E-state index contributed by atoms with van der Waals surface area (Å²) in [6.07, 6.45) is 3.96. The van der Waals surface area contributed by atoms with Gasteiger partial charge in [0.15, 0.2) is 0 Å². The van der Waals surface area contributed by atoms with Crippen LogP contribution in [0.15, 0.2) is 69.9 Å². The topological polar surface area (TPSA) is 39.4 Å². The standard InChI is InChI=1S/C19H16O3/c1-14-12-19(20)22-18-13-16(9-10-17(14)18)21-11-5-8-15-6-3-2-4-7-15/h2-10,12-13H,11H2,1H3. The quantitative estimate of drug-likeness (QED) is 0.677. The van der Waals surface area contributed by atoms with Crippen LogP contribution in [0.25, 0.3) is 17.0 Å². The van der Waals surface area contributed by atoms with Crippen molar-refractivity contribution in [2.45, 2.75) is 6.92 Å².